The maximum atomic E-state index is 12.6. The van der Waals surface area contributed by atoms with Crippen molar-refractivity contribution in [1.82, 2.24) is 9.97 Å². The van der Waals surface area contributed by atoms with Gasteiger partial charge in [-0.25, -0.2) is 4.98 Å². The Morgan fingerprint density at radius 2 is 1.75 bits per heavy atom. The van der Waals surface area contributed by atoms with E-state index in [9.17, 15) is 9.59 Å². The predicted molar refractivity (Wildman–Crippen MR) is 128 cm³/mol. The summed E-state index contributed by atoms with van der Waals surface area (Å²) in [5.74, 6) is -0.549. The van der Waals surface area contributed by atoms with Crippen molar-refractivity contribution in [2.75, 3.05) is 16.0 Å². The van der Waals surface area contributed by atoms with Gasteiger partial charge in [-0.05, 0) is 48.9 Å². The molecule has 2 aromatic heterocycles. The third-order valence-corrected chi connectivity index (χ3v) is 5.71. The van der Waals surface area contributed by atoms with Crippen LogP contribution in [0.2, 0.25) is 5.02 Å². The molecule has 4 rings (SSSR count). The first-order valence-electron chi connectivity index (χ1n) is 9.60. The number of rotatable bonds is 6. The molecule has 0 saturated carbocycles. The van der Waals surface area contributed by atoms with E-state index < -0.39 is 0 Å². The summed E-state index contributed by atoms with van der Waals surface area (Å²) < 4.78 is 0. The van der Waals surface area contributed by atoms with Crippen molar-refractivity contribution in [3.8, 4) is 0 Å². The van der Waals surface area contributed by atoms with Crippen LogP contribution >= 0.6 is 22.9 Å². The van der Waals surface area contributed by atoms with Crippen molar-refractivity contribution in [2.24, 2.45) is 0 Å². The van der Waals surface area contributed by atoms with Crippen LogP contribution in [0.1, 0.15) is 25.6 Å². The molecule has 0 bridgehead atoms. The molecule has 0 fully saturated rings. The Morgan fingerprint density at radius 1 is 0.938 bits per heavy atom. The first kappa shape index (κ1) is 21.5. The van der Waals surface area contributed by atoms with Crippen LogP contribution in [0.3, 0.4) is 0 Å². The summed E-state index contributed by atoms with van der Waals surface area (Å²) in [4.78, 5) is 33.8. The SMILES string of the molecule is Cc1cccc(Cl)c1NC(=O)c1cnc(Nc2cccc(C(=O)Nc3cccnc3)c2)s1. The number of benzene rings is 2. The normalized spacial score (nSPS) is 10.4. The summed E-state index contributed by atoms with van der Waals surface area (Å²) in [6.45, 7) is 1.87. The molecule has 2 heterocycles. The largest absolute Gasteiger partial charge is 0.332 e. The van der Waals surface area contributed by atoms with Crippen LogP contribution in [0.15, 0.2) is 73.2 Å². The molecule has 0 atom stereocenters. The molecular weight excluding hydrogens is 446 g/mol. The van der Waals surface area contributed by atoms with Gasteiger partial charge >= 0.3 is 0 Å². The van der Waals surface area contributed by atoms with Gasteiger partial charge in [0.15, 0.2) is 5.13 Å². The number of aryl methyl sites for hydroxylation is 1. The second-order valence-electron chi connectivity index (χ2n) is 6.82. The van der Waals surface area contributed by atoms with Crippen molar-refractivity contribution >= 4 is 56.9 Å². The molecule has 0 aliphatic heterocycles. The molecule has 9 heteroatoms. The Morgan fingerprint density at radius 3 is 2.53 bits per heavy atom. The van der Waals surface area contributed by atoms with Gasteiger partial charge in [0.2, 0.25) is 0 Å². The van der Waals surface area contributed by atoms with Gasteiger partial charge in [0.05, 0.1) is 28.8 Å². The zero-order valence-electron chi connectivity index (χ0n) is 16.9. The number of hydrogen-bond acceptors (Lipinski definition) is 6. The van der Waals surface area contributed by atoms with E-state index in [0.29, 0.717) is 37.7 Å². The van der Waals surface area contributed by atoms with Crippen molar-refractivity contribution in [3.05, 3.63) is 94.2 Å². The number of pyridine rings is 1. The predicted octanol–water partition coefficient (Wildman–Crippen LogP) is 5.75. The maximum Gasteiger partial charge on any atom is 0.267 e. The first-order valence-corrected chi connectivity index (χ1v) is 10.8. The summed E-state index contributed by atoms with van der Waals surface area (Å²) >= 11 is 7.39. The van der Waals surface area contributed by atoms with Gasteiger partial charge in [-0.2, -0.15) is 0 Å². The van der Waals surface area contributed by atoms with E-state index in [-0.39, 0.29) is 11.8 Å². The van der Waals surface area contributed by atoms with Crippen molar-refractivity contribution in [3.63, 3.8) is 0 Å². The fourth-order valence-electron chi connectivity index (χ4n) is 2.90. The Kier molecular flexibility index (Phi) is 6.44. The van der Waals surface area contributed by atoms with Crippen LogP contribution in [0.4, 0.5) is 22.2 Å². The smallest absolute Gasteiger partial charge is 0.267 e. The highest BCUT2D eigenvalue weighted by Gasteiger charge is 2.14. The van der Waals surface area contributed by atoms with E-state index in [1.165, 1.54) is 17.5 Å². The molecule has 0 radical (unpaired) electrons. The fourth-order valence-corrected chi connectivity index (χ4v) is 3.90. The van der Waals surface area contributed by atoms with Crippen LogP contribution in [0.25, 0.3) is 0 Å². The molecule has 0 spiro atoms. The molecular formula is C23H18ClN5O2S. The molecule has 0 saturated heterocycles. The van der Waals surface area contributed by atoms with Crippen LogP contribution in [-0.2, 0) is 0 Å². The van der Waals surface area contributed by atoms with Crippen molar-refractivity contribution < 1.29 is 9.59 Å². The summed E-state index contributed by atoms with van der Waals surface area (Å²) in [5, 5.41) is 9.76. The Balaban J connectivity index is 1.44. The standard InChI is InChI=1S/C23H18ClN5O2S/c1-14-5-2-9-18(24)20(14)29-22(31)19-13-26-23(32-19)28-16-7-3-6-15(11-16)21(30)27-17-8-4-10-25-12-17/h2-13H,1H3,(H,26,28)(H,27,30)(H,29,31). The van der Waals surface area contributed by atoms with E-state index in [1.807, 2.05) is 25.1 Å². The minimum absolute atomic E-state index is 0.254. The molecule has 32 heavy (non-hydrogen) atoms. The second-order valence-corrected chi connectivity index (χ2v) is 8.26. The lowest BCUT2D eigenvalue weighted by molar-refractivity contribution is 0.102. The van der Waals surface area contributed by atoms with Crippen molar-refractivity contribution in [2.45, 2.75) is 6.92 Å². The molecule has 7 nitrogen and oxygen atoms in total. The van der Waals surface area contributed by atoms with Gasteiger partial charge in [-0.1, -0.05) is 41.1 Å². The number of amides is 2. The monoisotopic (exact) mass is 463 g/mol. The molecule has 2 aromatic carbocycles. The molecule has 3 N–H and O–H groups in total. The van der Waals surface area contributed by atoms with Gasteiger partial charge in [0.1, 0.15) is 4.88 Å². The number of carbonyl (C=O) groups is 2. The Hall–Kier alpha value is -3.75. The summed E-state index contributed by atoms with van der Waals surface area (Å²) in [5.41, 5.74) is 3.21. The number of halogens is 1. The number of para-hydroxylation sites is 1. The first-order chi connectivity index (χ1) is 15.5. The number of carbonyl (C=O) groups excluding carboxylic acids is 2. The molecule has 2 amide bonds. The average molecular weight is 464 g/mol. The molecule has 4 aromatic rings. The quantitative estimate of drug-likeness (QED) is 0.338. The zero-order valence-corrected chi connectivity index (χ0v) is 18.5. The topological polar surface area (TPSA) is 96.0 Å². The van der Waals surface area contributed by atoms with Crippen LogP contribution < -0.4 is 16.0 Å². The van der Waals surface area contributed by atoms with E-state index >= 15 is 0 Å². The third kappa shape index (κ3) is 5.11. The van der Waals surface area contributed by atoms with Gasteiger partial charge in [0.25, 0.3) is 11.8 Å². The number of thiazole rings is 1. The molecule has 160 valence electrons. The summed E-state index contributed by atoms with van der Waals surface area (Å²) in [6, 6.07) is 15.9. The van der Waals surface area contributed by atoms with Crippen LogP contribution in [0.5, 0.6) is 0 Å². The number of aromatic nitrogens is 2. The lowest BCUT2D eigenvalue weighted by Gasteiger charge is -2.09. The fraction of sp³-hybridized carbons (Fsp3) is 0.0435. The lowest BCUT2D eigenvalue weighted by Crippen LogP contribution is -2.12. The van der Waals surface area contributed by atoms with Gasteiger partial charge in [0, 0.05) is 17.4 Å². The van der Waals surface area contributed by atoms with E-state index in [2.05, 4.69) is 25.9 Å². The zero-order chi connectivity index (χ0) is 22.5. The summed E-state index contributed by atoms with van der Waals surface area (Å²) in [6.07, 6.45) is 4.71. The molecule has 0 unspecified atom stereocenters. The van der Waals surface area contributed by atoms with E-state index in [0.717, 1.165) is 5.56 Å². The number of nitrogens with one attached hydrogen (secondary N) is 3. The highest BCUT2D eigenvalue weighted by atomic mass is 35.5. The molecule has 0 aliphatic carbocycles. The van der Waals surface area contributed by atoms with Crippen LogP contribution in [-0.4, -0.2) is 21.8 Å². The summed E-state index contributed by atoms with van der Waals surface area (Å²) in [7, 11) is 0. The number of nitrogens with zero attached hydrogens (tertiary/aromatic N) is 2. The van der Waals surface area contributed by atoms with Gasteiger partial charge in [-0.3, -0.25) is 14.6 Å². The highest BCUT2D eigenvalue weighted by molar-refractivity contribution is 7.17. The minimum atomic E-state index is -0.295. The van der Waals surface area contributed by atoms with E-state index in [4.69, 9.17) is 11.6 Å². The number of anilines is 4. The Bertz CT molecular complexity index is 1260. The molecule has 0 aliphatic rings. The minimum Gasteiger partial charge on any atom is -0.332 e. The van der Waals surface area contributed by atoms with Gasteiger partial charge < -0.3 is 16.0 Å². The van der Waals surface area contributed by atoms with Crippen molar-refractivity contribution in [1.29, 1.82) is 0 Å². The van der Waals surface area contributed by atoms with E-state index in [1.54, 1.807) is 48.8 Å². The van der Waals surface area contributed by atoms with Crippen LogP contribution in [0, 0.1) is 6.92 Å². The third-order valence-electron chi connectivity index (χ3n) is 4.49. The highest BCUT2D eigenvalue weighted by Crippen LogP contribution is 2.28. The second kappa shape index (κ2) is 9.59. The average Bonchev–Trinajstić information content (AvgIpc) is 3.26. The lowest BCUT2D eigenvalue weighted by atomic mass is 10.2. The maximum absolute atomic E-state index is 12.6. The van der Waals surface area contributed by atoms with Gasteiger partial charge in [-0.15, -0.1) is 0 Å². The number of hydrogen-bond donors (Lipinski definition) is 3. The Labute approximate surface area is 193 Å².